The Morgan fingerprint density at radius 2 is 2.18 bits per heavy atom. The molecule has 0 bridgehead atoms. The number of nitrogens with one attached hydrogen (secondary N) is 1. The zero-order valence-electron chi connectivity index (χ0n) is 9.35. The predicted molar refractivity (Wildman–Crippen MR) is 69.3 cm³/mol. The molecule has 1 heterocycles. The summed E-state index contributed by atoms with van der Waals surface area (Å²) >= 11 is 1.55. The number of thiophene rings is 1. The van der Waals surface area contributed by atoms with Gasteiger partial charge in [-0.15, -0.1) is 0 Å². The van der Waals surface area contributed by atoms with Gasteiger partial charge < -0.3 is 5.32 Å². The fourth-order valence-electron chi connectivity index (χ4n) is 2.34. The summed E-state index contributed by atoms with van der Waals surface area (Å²) in [5.74, 6) is 0.0351. The van der Waals surface area contributed by atoms with Crippen LogP contribution in [-0.2, 0) is 6.42 Å². The third-order valence-electron chi connectivity index (χ3n) is 3.22. The fourth-order valence-corrected chi connectivity index (χ4v) is 2.98. The van der Waals surface area contributed by atoms with E-state index in [0.29, 0.717) is 0 Å². The maximum Gasteiger partial charge on any atom is 0.252 e. The maximum atomic E-state index is 12.0. The number of rotatable bonds is 2. The van der Waals surface area contributed by atoms with Crippen molar-refractivity contribution in [3.8, 4) is 0 Å². The molecule has 3 rings (SSSR count). The van der Waals surface area contributed by atoms with E-state index in [2.05, 4.69) is 23.5 Å². The molecule has 17 heavy (non-hydrogen) atoms. The van der Waals surface area contributed by atoms with Crippen LogP contribution in [0.3, 0.4) is 0 Å². The monoisotopic (exact) mass is 243 g/mol. The van der Waals surface area contributed by atoms with Gasteiger partial charge in [0.2, 0.25) is 0 Å². The molecule has 1 aliphatic rings. The first kappa shape index (κ1) is 10.5. The van der Waals surface area contributed by atoms with Crippen LogP contribution in [0.15, 0.2) is 41.1 Å². The molecule has 1 aromatic carbocycles. The Bertz CT molecular complexity index is 533. The lowest BCUT2D eigenvalue weighted by atomic mass is 10.1. The standard InChI is InChI=1S/C14H13NOS/c16-14(11-7-8-17-9-11)15-13-6-5-10-3-1-2-4-12(10)13/h1-4,7-9,13H,5-6H2,(H,15,16). The lowest BCUT2D eigenvalue weighted by Gasteiger charge is -2.13. The van der Waals surface area contributed by atoms with Gasteiger partial charge in [-0.25, -0.2) is 0 Å². The highest BCUT2D eigenvalue weighted by molar-refractivity contribution is 7.08. The summed E-state index contributed by atoms with van der Waals surface area (Å²) in [4.78, 5) is 12.0. The zero-order valence-corrected chi connectivity index (χ0v) is 10.2. The summed E-state index contributed by atoms with van der Waals surface area (Å²) < 4.78 is 0. The summed E-state index contributed by atoms with van der Waals surface area (Å²) in [6.45, 7) is 0. The Labute approximate surface area is 104 Å². The molecule has 1 amide bonds. The van der Waals surface area contributed by atoms with Crippen LogP contribution in [0.4, 0.5) is 0 Å². The van der Waals surface area contributed by atoms with Crippen LogP contribution < -0.4 is 5.32 Å². The molecule has 0 saturated heterocycles. The molecule has 0 fully saturated rings. The average Bonchev–Trinajstić information content (AvgIpc) is 2.98. The van der Waals surface area contributed by atoms with Gasteiger partial charge in [0.15, 0.2) is 0 Å². The molecular formula is C14H13NOS. The second kappa shape index (κ2) is 4.34. The zero-order chi connectivity index (χ0) is 11.7. The number of hydrogen-bond acceptors (Lipinski definition) is 2. The number of amides is 1. The number of carbonyl (C=O) groups is 1. The fraction of sp³-hybridized carbons (Fsp3) is 0.214. The molecular weight excluding hydrogens is 230 g/mol. The van der Waals surface area contributed by atoms with Gasteiger partial charge in [0.05, 0.1) is 11.6 Å². The van der Waals surface area contributed by atoms with Crippen molar-refractivity contribution in [1.29, 1.82) is 0 Å². The van der Waals surface area contributed by atoms with Crippen LogP contribution >= 0.6 is 11.3 Å². The van der Waals surface area contributed by atoms with Crippen LogP contribution in [-0.4, -0.2) is 5.91 Å². The number of hydrogen-bond donors (Lipinski definition) is 1. The van der Waals surface area contributed by atoms with Gasteiger partial charge in [-0.3, -0.25) is 4.79 Å². The van der Waals surface area contributed by atoms with Gasteiger partial charge in [-0.2, -0.15) is 11.3 Å². The molecule has 86 valence electrons. The van der Waals surface area contributed by atoms with Crippen LogP contribution in [0.5, 0.6) is 0 Å². The Balaban J connectivity index is 1.78. The molecule has 0 spiro atoms. The summed E-state index contributed by atoms with van der Waals surface area (Å²) in [6, 6.07) is 10.4. The minimum atomic E-state index is 0.0351. The van der Waals surface area contributed by atoms with E-state index < -0.39 is 0 Å². The first-order valence-corrected chi connectivity index (χ1v) is 6.70. The van der Waals surface area contributed by atoms with Gasteiger partial charge in [0.1, 0.15) is 0 Å². The van der Waals surface area contributed by atoms with Crippen molar-refractivity contribution in [2.45, 2.75) is 18.9 Å². The molecule has 1 unspecified atom stereocenters. The second-order valence-corrected chi connectivity index (χ2v) is 5.06. The van der Waals surface area contributed by atoms with Crippen LogP contribution in [0.1, 0.15) is 33.9 Å². The summed E-state index contributed by atoms with van der Waals surface area (Å²) in [7, 11) is 0. The normalized spacial score (nSPS) is 17.8. The first-order valence-electron chi connectivity index (χ1n) is 5.75. The first-order chi connectivity index (χ1) is 8.34. The second-order valence-electron chi connectivity index (χ2n) is 4.28. The van der Waals surface area contributed by atoms with Gasteiger partial charge in [-0.05, 0) is 35.4 Å². The summed E-state index contributed by atoms with van der Waals surface area (Å²) in [5.41, 5.74) is 3.40. The number of carbonyl (C=O) groups excluding carboxylic acids is 1. The number of fused-ring (bicyclic) bond motifs is 1. The Hall–Kier alpha value is -1.61. The molecule has 1 atom stereocenters. The Kier molecular flexibility index (Phi) is 2.69. The van der Waals surface area contributed by atoms with Crippen molar-refractivity contribution in [1.82, 2.24) is 5.32 Å². The largest absolute Gasteiger partial charge is 0.345 e. The van der Waals surface area contributed by atoms with E-state index in [0.717, 1.165) is 18.4 Å². The minimum absolute atomic E-state index is 0.0351. The van der Waals surface area contributed by atoms with E-state index in [1.54, 1.807) is 11.3 Å². The molecule has 0 radical (unpaired) electrons. The van der Waals surface area contributed by atoms with Crippen LogP contribution in [0.25, 0.3) is 0 Å². The molecule has 2 aromatic rings. The highest BCUT2D eigenvalue weighted by atomic mass is 32.1. The molecule has 3 heteroatoms. The third kappa shape index (κ3) is 1.98. The van der Waals surface area contributed by atoms with Gasteiger partial charge in [0.25, 0.3) is 5.91 Å². The minimum Gasteiger partial charge on any atom is -0.345 e. The molecule has 2 nitrogen and oxygen atoms in total. The van der Waals surface area contributed by atoms with E-state index in [9.17, 15) is 4.79 Å². The van der Waals surface area contributed by atoms with Crippen molar-refractivity contribution in [2.24, 2.45) is 0 Å². The highest BCUT2D eigenvalue weighted by Gasteiger charge is 2.23. The molecule has 0 aliphatic heterocycles. The summed E-state index contributed by atoms with van der Waals surface area (Å²) in [5, 5.41) is 6.92. The lowest BCUT2D eigenvalue weighted by molar-refractivity contribution is 0.0937. The smallest absolute Gasteiger partial charge is 0.252 e. The van der Waals surface area contributed by atoms with E-state index >= 15 is 0 Å². The van der Waals surface area contributed by atoms with Crippen LogP contribution in [0.2, 0.25) is 0 Å². The van der Waals surface area contributed by atoms with Gasteiger partial charge in [0, 0.05) is 5.38 Å². The van der Waals surface area contributed by atoms with Crippen molar-refractivity contribution in [2.75, 3.05) is 0 Å². The lowest BCUT2D eigenvalue weighted by Crippen LogP contribution is -2.26. The van der Waals surface area contributed by atoms with Gasteiger partial charge >= 0.3 is 0 Å². The van der Waals surface area contributed by atoms with Crippen molar-refractivity contribution < 1.29 is 4.79 Å². The maximum absolute atomic E-state index is 12.0. The molecule has 1 aromatic heterocycles. The number of benzene rings is 1. The van der Waals surface area contributed by atoms with Crippen molar-refractivity contribution in [3.63, 3.8) is 0 Å². The SMILES string of the molecule is O=C(NC1CCc2ccccc21)c1ccsc1. The molecule has 1 aliphatic carbocycles. The van der Waals surface area contributed by atoms with E-state index in [1.807, 2.05) is 22.9 Å². The Morgan fingerprint density at radius 1 is 1.29 bits per heavy atom. The van der Waals surface area contributed by atoms with Gasteiger partial charge in [-0.1, -0.05) is 24.3 Å². The predicted octanol–water partition coefficient (Wildman–Crippen LogP) is 3.17. The van der Waals surface area contributed by atoms with E-state index in [4.69, 9.17) is 0 Å². The Morgan fingerprint density at radius 3 is 3.00 bits per heavy atom. The molecule has 0 saturated carbocycles. The van der Waals surface area contributed by atoms with E-state index in [-0.39, 0.29) is 11.9 Å². The van der Waals surface area contributed by atoms with E-state index in [1.165, 1.54) is 11.1 Å². The third-order valence-corrected chi connectivity index (χ3v) is 3.90. The summed E-state index contributed by atoms with van der Waals surface area (Å²) in [6.07, 6.45) is 2.07. The van der Waals surface area contributed by atoms with Crippen LogP contribution in [0, 0.1) is 0 Å². The average molecular weight is 243 g/mol. The quantitative estimate of drug-likeness (QED) is 0.862. The molecule has 1 N–H and O–H groups in total. The van der Waals surface area contributed by atoms with Crippen molar-refractivity contribution >= 4 is 17.2 Å². The highest BCUT2D eigenvalue weighted by Crippen LogP contribution is 2.30. The van der Waals surface area contributed by atoms with Crippen molar-refractivity contribution in [3.05, 3.63) is 57.8 Å². The number of aryl methyl sites for hydroxylation is 1. The topological polar surface area (TPSA) is 29.1 Å².